The van der Waals surface area contributed by atoms with Crippen molar-refractivity contribution in [2.75, 3.05) is 44.2 Å². The second-order valence-corrected chi connectivity index (χ2v) is 7.56. The normalized spacial score (nSPS) is 14.6. The molecule has 0 radical (unpaired) electrons. The van der Waals surface area contributed by atoms with E-state index in [1.54, 1.807) is 18.5 Å². The number of nitrogens with zero attached hydrogens (tertiary/aromatic N) is 7. The van der Waals surface area contributed by atoms with Gasteiger partial charge in [0, 0.05) is 76.4 Å². The molecule has 0 aromatic carbocycles. The molecule has 10 nitrogen and oxygen atoms in total. The number of rotatable bonds is 7. The fraction of sp³-hybridized carbons (Fsp3) is 0.571. The molecule has 1 aliphatic rings. The molecule has 0 atom stereocenters. The van der Waals surface area contributed by atoms with Crippen molar-refractivity contribution >= 4 is 17.8 Å². The van der Waals surface area contributed by atoms with Crippen LogP contribution in [0.4, 0.5) is 5.95 Å². The predicted octanol–water partition coefficient (Wildman–Crippen LogP) is 0.621. The average molecular weight is 428 g/mol. The molecule has 168 valence electrons. The molecule has 10 heteroatoms. The largest absolute Gasteiger partial charge is 0.357 e. The van der Waals surface area contributed by atoms with Crippen molar-refractivity contribution < 1.29 is 4.79 Å². The molecule has 1 aliphatic heterocycles. The summed E-state index contributed by atoms with van der Waals surface area (Å²) in [4.78, 5) is 29.9. The highest BCUT2D eigenvalue weighted by Crippen LogP contribution is 2.13. The maximum atomic E-state index is 12.6. The van der Waals surface area contributed by atoms with Crippen LogP contribution in [-0.4, -0.2) is 75.8 Å². The van der Waals surface area contributed by atoms with Gasteiger partial charge in [0.1, 0.15) is 0 Å². The van der Waals surface area contributed by atoms with Gasteiger partial charge in [-0.15, -0.1) is 0 Å². The van der Waals surface area contributed by atoms with Gasteiger partial charge in [-0.25, -0.2) is 15.0 Å². The molecule has 0 unspecified atom stereocenters. The molecule has 2 aromatic heterocycles. The van der Waals surface area contributed by atoms with E-state index >= 15 is 0 Å². The van der Waals surface area contributed by atoms with Gasteiger partial charge in [0.25, 0.3) is 0 Å². The summed E-state index contributed by atoms with van der Waals surface area (Å²) in [5, 5.41) is 11.0. The van der Waals surface area contributed by atoms with Crippen LogP contribution in [0, 0.1) is 13.8 Å². The Balaban J connectivity index is 1.45. The summed E-state index contributed by atoms with van der Waals surface area (Å²) >= 11 is 0. The quantitative estimate of drug-likeness (QED) is 0.493. The zero-order valence-electron chi connectivity index (χ0n) is 18.9. The molecule has 0 aliphatic carbocycles. The highest BCUT2D eigenvalue weighted by atomic mass is 16.2. The first kappa shape index (κ1) is 22.5. The number of anilines is 1. The molecule has 2 aromatic rings. The van der Waals surface area contributed by atoms with Crippen LogP contribution in [0.25, 0.3) is 0 Å². The number of aliphatic imine (C=N–C) groups is 1. The summed E-state index contributed by atoms with van der Waals surface area (Å²) in [5.41, 5.74) is 3.25. The SMILES string of the molecule is CCNC(=NCc1c(C)nn(C)c1C)NCCC(=O)N1CCN(c2ncccn2)CC1. The fourth-order valence-electron chi connectivity index (χ4n) is 3.60. The Kier molecular flexibility index (Phi) is 7.80. The number of hydrogen-bond donors (Lipinski definition) is 2. The van der Waals surface area contributed by atoms with Gasteiger partial charge in [-0.3, -0.25) is 9.48 Å². The Morgan fingerprint density at radius 2 is 1.84 bits per heavy atom. The third-order valence-corrected chi connectivity index (χ3v) is 5.50. The van der Waals surface area contributed by atoms with Gasteiger partial charge in [-0.05, 0) is 26.8 Å². The Hall–Kier alpha value is -3.17. The maximum absolute atomic E-state index is 12.6. The van der Waals surface area contributed by atoms with Crippen molar-refractivity contribution in [2.24, 2.45) is 12.0 Å². The lowest BCUT2D eigenvalue weighted by molar-refractivity contribution is -0.131. The third-order valence-electron chi connectivity index (χ3n) is 5.50. The second kappa shape index (κ2) is 10.7. The minimum atomic E-state index is 0.149. The second-order valence-electron chi connectivity index (χ2n) is 7.56. The molecule has 1 amide bonds. The monoisotopic (exact) mass is 427 g/mol. The molecule has 3 heterocycles. The van der Waals surface area contributed by atoms with E-state index < -0.39 is 0 Å². The Bertz CT molecular complexity index is 886. The topological polar surface area (TPSA) is 104 Å². The third kappa shape index (κ3) is 5.93. The lowest BCUT2D eigenvalue weighted by Crippen LogP contribution is -2.50. The smallest absolute Gasteiger partial charge is 0.225 e. The van der Waals surface area contributed by atoms with E-state index in [9.17, 15) is 4.79 Å². The Morgan fingerprint density at radius 3 is 2.45 bits per heavy atom. The number of carbonyl (C=O) groups is 1. The first-order valence-corrected chi connectivity index (χ1v) is 10.8. The maximum Gasteiger partial charge on any atom is 0.225 e. The van der Waals surface area contributed by atoms with Gasteiger partial charge in [0.15, 0.2) is 5.96 Å². The zero-order chi connectivity index (χ0) is 22.2. The van der Waals surface area contributed by atoms with Gasteiger partial charge >= 0.3 is 0 Å². The average Bonchev–Trinajstić information content (AvgIpc) is 3.03. The summed E-state index contributed by atoms with van der Waals surface area (Å²) in [5.74, 6) is 1.58. The van der Waals surface area contributed by atoms with E-state index in [1.165, 1.54) is 0 Å². The number of carbonyl (C=O) groups excluding carboxylic acids is 1. The van der Waals surface area contributed by atoms with Gasteiger partial charge < -0.3 is 20.4 Å². The van der Waals surface area contributed by atoms with Gasteiger partial charge in [-0.1, -0.05) is 0 Å². The van der Waals surface area contributed by atoms with Crippen molar-refractivity contribution in [3.05, 3.63) is 35.4 Å². The highest BCUT2D eigenvalue weighted by molar-refractivity contribution is 5.81. The van der Waals surface area contributed by atoms with Crippen LogP contribution in [-0.2, 0) is 18.4 Å². The van der Waals surface area contributed by atoms with E-state index in [1.807, 2.05) is 37.4 Å². The van der Waals surface area contributed by atoms with Gasteiger partial charge in [0.05, 0.1) is 12.2 Å². The van der Waals surface area contributed by atoms with Crippen molar-refractivity contribution in [2.45, 2.75) is 33.7 Å². The standard InChI is InChI=1S/C21H33N9O/c1-5-22-20(26-15-18-16(2)27-28(4)17(18)3)23-10-7-19(31)29-11-13-30(14-12-29)21-24-8-6-9-25-21/h6,8-9H,5,7,10-15H2,1-4H3,(H2,22,23,26). The summed E-state index contributed by atoms with van der Waals surface area (Å²) in [6, 6.07) is 1.81. The van der Waals surface area contributed by atoms with Crippen LogP contribution in [0.3, 0.4) is 0 Å². The summed E-state index contributed by atoms with van der Waals surface area (Å²) in [7, 11) is 1.94. The molecule has 2 N–H and O–H groups in total. The minimum absolute atomic E-state index is 0.149. The summed E-state index contributed by atoms with van der Waals surface area (Å²) in [6.45, 7) is 10.8. The Morgan fingerprint density at radius 1 is 1.13 bits per heavy atom. The summed E-state index contributed by atoms with van der Waals surface area (Å²) < 4.78 is 1.88. The summed E-state index contributed by atoms with van der Waals surface area (Å²) in [6.07, 6.45) is 3.91. The molecule has 0 saturated carbocycles. The van der Waals surface area contributed by atoms with Crippen molar-refractivity contribution in [3.8, 4) is 0 Å². The lowest BCUT2D eigenvalue weighted by Gasteiger charge is -2.34. The van der Waals surface area contributed by atoms with Crippen LogP contribution < -0.4 is 15.5 Å². The van der Waals surface area contributed by atoms with E-state index in [-0.39, 0.29) is 5.91 Å². The molecule has 1 fully saturated rings. The number of piperazine rings is 1. The van der Waals surface area contributed by atoms with E-state index in [0.717, 1.165) is 42.5 Å². The number of nitrogens with one attached hydrogen (secondary N) is 2. The number of aryl methyl sites for hydroxylation is 2. The van der Waals surface area contributed by atoms with Crippen LogP contribution in [0.2, 0.25) is 0 Å². The van der Waals surface area contributed by atoms with E-state index in [4.69, 9.17) is 0 Å². The lowest BCUT2D eigenvalue weighted by atomic mass is 10.2. The minimum Gasteiger partial charge on any atom is -0.357 e. The van der Waals surface area contributed by atoms with Crippen molar-refractivity contribution in [1.82, 2.24) is 35.3 Å². The Labute approximate surface area is 183 Å². The van der Waals surface area contributed by atoms with Crippen LogP contribution >= 0.6 is 0 Å². The molecule has 31 heavy (non-hydrogen) atoms. The molecule has 0 spiro atoms. The fourth-order valence-corrected chi connectivity index (χ4v) is 3.60. The van der Waals surface area contributed by atoms with Crippen LogP contribution in [0.15, 0.2) is 23.5 Å². The first-order valence-electron chi connectivity index (χ1n) is 10.8. The molecule has 3 rings (SSSR count). The number of aromatic nitrogens is 4. The predicted molar refractivity (Wildman–Crippen MR) is 121 cm³/mol. The zero-order valence-corrected chi connectivity index (χ0v) is 18.9. The molecule has 1 saturated heterocycles. The first-order chi connectivity index (χ1) is 15.0. The van der Waals surface area contributed by atoms with Gasteiger partial charge in [0.2, 0.25) is 11.9 Å². The molecular weight excluding hydrogens is 394 g/mol. The molecular formula is C21H33N9O. The molecule has 0 bridgehead atoms. The number of amides is 1. The van der Waals surface area contributed by atoms with E-state index in [0.29, 0.717) is 38.6 Å². The van der Waals surface area contributed by atoms with Crippen LogP contribution in [0.1, 0.15) is 30.3 Å². The number of guanidine groups is 1. The van der Waals surface area contributed by atoms with Gasteiger partial charge in [-0.2, -0.15) is 5.10 Å². The highest BCUT2D eigenvalue weighted by Gasteiger charge is 2.22. The number of hydrogen-bond acceptors (Lipinski definition) is 6. The van der Waals surface area contributed by atoms with E-state index in [2.05, 4.69) is 35.6 Å². The van der Waals surface area contributed by atoms with Crippen molar-refractivity contribution in [3.63, 3.8) is 0 Å². The van der Waals surface area contributed by atoms with Crippen molar-refractivity contribution in [1.29, 1.82) is 0 Å². The van der Waals surface area contributed by atoms with Crippen LogP contribution in [0.5, 0.6) is 0 Å².